The SMILES string of the molecule is CCCC[C@@H]1NC(=O)OCCC/C=C/c2ccc3ccnc(c3c2)O[C@@H]2C[C@@H](C(=O)OCC)N(C2)C1=O. The molecule has 0 saturated carbocycles. The average molecular weight is 510 g/mol. The Morgan fingerprint density at radius 3 is 2.92 bits per heavy atom. The summed E-state index contributed by atoms with van der Waals surface area (Å²) in [6, 6.07) is 6.36. The van der Waals surface area contributed by atoms with Crippen LogP contribution < -0.4 is 10.1 Å². The molecule has 0 radical (unpaired) electrons. The van der Waals surface area contributed by atoms with Gasteiger partial charge in [0.15, 0.2) is 0 Å². The molecule has 1 fully saturated rings. The van der Waals surface area contributed by atoms with Crippen LogP contribution in [0.15, 0.2) is 36.5 Å². The summed E-state index contributed by atoms with van der Waals surface area (Å²) >= 11 is 0. The molecule has 3 atom stereocenters. The van der Waals surface area contributed by atoms with Crippen LogP contribution in [0, 0.1) is 0 Å². The first-order valence-corrected chi connectivity index (χ1v) is 13.1. The minimum Gasteiger partial charge on any atom is -0.472 e. The van der Waals surface area contributed by atoms with Gasteiger partial charge in [-0.05, 0) is 49.3 Å². The number of hydrogen-bond donors (Lipinski definition) is 1. The summed E-state index contributed by atoms with van der Waals surface area (Å²) in [4.78, 5) is 45.0. The second kappa shape index (κ2) is 12.6. The van der Waals surface area contributed by atoms with Crippen molar-refractivity contribution in [1.29, 1.82) is 0 Å². The van der Waals surface area contributed by atoms with Gasteiger partial charge in [-0.25, -0.2) is 14.6 Å². The predicted molar refractivity (Wildman–Crippen MR) is 139 cm³/mol. The third kappa shape index (κ3) is 6.58. The molecule has 1 aromatic heterocycles. The Balaban J connectivity index is 1.68. The fraction of sp³-hybridized carbons (Fsp3) is 0.500. The van der Waals surface area contributed by atoms with Gasteiger partial charge in [0.05, 0.1) is 19.8 Å². The Morgan fingerprint density at radius 1 is 1.24 bits per heavy atom. The number of fused-ring (bicyclic) bond motifs is 3. The summed E-state index contributed by atoms with van der Waals surface area (Å²) in [6.45, 7) is 4.36. The number of aromatic nitrogens is 1. The second-order valence-corrected chi connectivity index (χ2v) is 9.35. The van der Waals surface area contributed by atoms with Crippen LogP contribution in [0.25, 0.3) is 16.8 Å². The molecule has 2 aliphatic rings. The number of amides is 2. The maximum atomic E-state index is 13.7. The van der Waals surface area contributed by atoms with Gasteiger partial charge >= 0.3 is 12.1 Å². The summed E-state index contributed by atoms with van der Waals surface area (Å²) in [5.74, 6) is -0.366. The Labute approximate surface area is 217 Å². The van der Waals surface area contributed by atoms with Gasteiger partial charge in [0.25, 0.3) is 0 Å². The van der Waals surface area contributed by atoms with Gasteiger partial charge in [-0.2, -0.15) is 0 Å². The standard InChI is InChI=1S/C28H35N3O6/c1-3-5-10-23-26(32)31-18-21(17-24(31)27(33)35-4-2)37-25-22-16-19(11-12-20(22)13-14-29-25)9-7-6-8-15-36-28(34)30-23/h7,9,11-14,16,21,23-24H,3-6,8,10,15,17-18H2,1-2H3,(H,30,34)/b9-7+/t21-,23+,24+/m1/s1. The summed E-state index contributed by atoms with van der Waals surface area (Å²) in [5, 5.41) is 4.57. The number of nitrogens with one attached hydrogen (secondary N) is 1. The highest BCUT2D eigenvalue weighted by atomic mass is 16.5. The number of esters is 1. The van der Waals surface area contributed by atoms with Gasteiger partial charge in [-0.1, -0.05) is 44.1 Å². The number of unbranched alkanes of at least 4 members (excludes halogenated alkanes) is 1. The van der Waals surface area contributed by atoms with Gasteiger partial charge < -0.3 is 24.4 Å². The molecule has 1 saturated heterocycles. The monoisotopic (exact) mass is 509 g/mol. The van der Waals surface area contributed by atoms with Gasteiger partial charge in [-0.3, -0.25) is 4.79 Å². The van der Waals surface area contributed by atoms with E-state index in [0.29, 0.717) is 18.7 Å². The molecule has 9 heteroatoms. The largest absolute Gasteiger partial charge is 0.472 e. The highest BCUT2D eigenvalue weighted by Gasteiger charge is 2.44. The van der Waals surface area contributed by atoms with Crippen LogP contribution in [0.5, 0.6) is 5.88 Å². The number of pyridine rings is 1. The number of carbonyl (C=O) groups is 3. The number of carbonyl (C=O) groups excluding carboxylic acids is 3. The van der Waals surface area contributed by atoms with E-state index in [9.17, 15) is 14.4 Å². The third-order valence-corrected chi connectivity index (χ3v) is 6.63. The van der Waals surface area contributed by atoms with Crippen molar-refractivity contribution in [3.8, 4) is 5.88 Å². The Bertz CT molecular complexity index is 1150. The topological polar surface area (TPSA) is 107 Å². The number of cyclic esters (lactones) is 1. The highest BCUT2D eigenvalue weighted by molar-refractivity contribution is 5.91. The summed E-state index contributed by atoms with van der Waals surface area (Å²) in [7, 11) is 0. The third-order valence-electron chi connectivity index (χ3n) is 6.63. The molecule has 2 aliphatic heterocycles. The molecule has 1 N–H and O–H groups in total. The summed E-state index contributed by atoms with van der Waals surface area (Å²) in [6.07, 6.45) is 8.34. The van der Waals surface area contributed by atoms with Crippen molar-refractivity contribution in [3.05, 3.63) is 42.1 Å². The molecule has 0 aliphatic carbocycles. The number of rotatable bonds is 5. The molecule has 4 rings (SSSR count). The van der Waals surface area contributed by atoms with Gasteiger partial charge in [0.2, 0.25) is 11.8 Å². The van der Waals surface area contributed by atoms with Crippen LogP contribution in [0.2, 0.25) is 0 Å². The van der Waals surface area contributed by atoms with E-state index < -0.39 is 30.3 Å². The van der Waals surface area contributed by atoms with Crippen molar-refractivity contribution in [2.24, 2.45) is 0 Å². The number of ether oxygens (including phenoxy) is 3. The first-order valence-electron chi connectivity index (χ1n) is 13.1. The molecule has 0 spiro atoms. The number of benzene rings is 1. The number of alkyl carbamates (subject to hydrolysis) is 1. The van der Waals surface area contributed by atoms with Crippen molar-refractivity contribution in [2.45, 2.75) is 70.6 Å². The maximum Gasteiger partial charge on any atom is 0.407 e. The lowest BCUT2D eigenvalue weighted by Gasteiger charge is -2.27. The predicted octanol–water partition coefficient (Wildman–Crippen LogP) is 4.24. The number of nitrogens with zero attached hydrogens (tertiary/aromatic N) is 2. The minimum absolute atomic E-state index is 0.180. The van der Waals surface area contributed by atoms with Crippen molar-refractivity contribution >= 4 is 34.8 Å². The molecule has 9 nitrogen and oxygen atoms in total. The molecule has 37 heavy (non-hydrogen) atoms. The Kier molecular flexibility index (Phi) is 8.98. The fourth-order valence-corrected chi connectivity index (χ4v) is 4.74. The second-order valence-electron chi connectivity index (χ2n) is 9.35. The van der Waals surface area contributed by atoms with Gasteiger partial charge in [-0.15, -0.1) is 0 Å². The van der Waals surface area contributed by atoms with Crippen molar-refractivity contribution in [3.63, 3.8) is 0 Å². The van der Waals surface area contributed by atoms with E-state index >= 15 is 0 Å². The zero-order chi connectivity index (χ0) is 26.2. The van der Waals surface area contributed by atoms with E-state index in [1.165, 1.54) is 4.90 Å². The fourth-order valence-electron chi connectivity index (χ4n) is 4.74. The van der Waals surface area contributed by atoms with Crippen LogP contribution in [0.4, 0.5) is 4.79 Å². The van der Waals surface area contributed by atoms with Crippen LogP contribution in [0.3, 0.4) is 0 Å². The zero-order valence-electron chi connectivity index (χ0n) is 21.5. The summed E-state index contributed by atoms with van der Waals surface area (Å²) < 4.78 is 16.9. The van der Waals surface area contributed by atoms with Crippen molar-refractivity contribution in [1.82, 2.24) is 15.2 Å². The van der Waals surface area contributed by atoms with E-state index in [0.717, 1.165) is 35.6 Å². The van der Waals surface area contributed by atoms with Crippen LogP contribution in [-0.2, 0) is 19.1 Å². The molecular weight excluding hydrogens is 474 g/mol. The molecule has 3 heterocycles. The quantitative estimate of drug-likeness (QED) is 0.601. The lowest BCUT2D eigenvalue weighted by atomic mass is 10.1. The van der Waals surface area contributed by atoms with Crippen LogP contribution in [-0.4, -0.2) is 65.8 Å². The van der Waals surface area contributed by atoms with Gasteiger partial charge in [0.1, 0.15) is 18.2 Å². The molecule has 1 aromatic carbocycles. The van der Waals surface area contributed by atoms with Crippen molar-refractivity contribution in [2.75, 3.05) is 19.8 Å². The molecule has 2 aromatic rings. The maximum absolute atomic E-state index is 13.7. The number of allylic oxidation sites excluding steroid dienone is 1. The van der Waals surface area contributed by atoms with E-state index in [2.05, 4.69) is 10.3 Å². The van der Waals surface area contributed by atoms with Crippen LogP contribution >= 0.6 is 0 Å². The molecule has 0 unspecified atom stereocenters. The van der Waals surface area contributed by atoms with Crippen molar-refractivity contribution < 1.29 is 28.6 Å². The molecule has 2 amide bonds. The van der Waals surface area contributed by atoms with E-state index in [-0.39, 0.29) is 32.1 Å². The Morgan fingerprint density at radius 2 is 2.11 bits per heavy atom. The molecule has 4 bridgehead atoms. The first kappa shape index (κ1) is 26.4. The first-order chi connectivity index (χ1) is 18.0. The Hall–Kier alpha value is -3.62. The lowest BCUT2D eigenvalue weighted by molar-refractivity contribution is -0.153. The highest BCUT2D eigenvalue weighted by Crippen LogP contribution is 2.30. The molecular formula is C28H35N3O6. The average Bonchev–Trinajstić information content (AvgIpc) is 3.32. The van der Waals surface area contributed by atoms with Gasteiger partial charge in [0, 0.05) is 18.0 Å². The molecule has 198 valence electrons. The van der Waals surface area contributed by atoms with Crippen LogP contribution in [0.1, 0.15) is 57.9 Å². The number of hydrogen-bond acceptors (Lipinski definition) is 7. The lowest BCUT2D eigenvalue weighted by Crippen LogP contribution is -2.52. The summed E-state index contributed by atoms with van der Waals surface area (Å²) in [5.41, 5.74) is 0.997. The minimum atomic E-state index is -0.810. The van der Waals surface area contributed by atoms with E-state index in [1.54, 1.807) is 13.1 Å². The zero-order valence-corrected chi connectivity index (χ0v) is 21.5. The van der Waals surface area contributed by atoms with E-state index in [4.69, 9.17) is 14.2 Å². The van der Waals surface area contributed by atoms with E-state index in [1.807, 2.05) is 43.3 Å². The smallest absolute Gasteiger partial charge is 0.407 e. The normalized spacial score (nSPS) is 23.5.